The van der Waals surface area contributed by atoms with E-state index in [0.29, 0.717) is 12.1 Å². The molecule has 0 saturated heterocycles. The van der Waals surface area contributed by atoms with Gasteiger partial charge in [-0.2, -0.15) is 0 Å². The molecule has 1 heterocycles. The van der Waals surface area contributed by atoms with Crippen molar-refractivity contribution >= 4 is 0 Å². The average Bonchev–Trinajstić information content (AvgIpc) is 2.77. The first kappa shape index (κ1) is 12.7. The van der Waals surface area contributed by atoms with Gasteiger partial charge in [0.25, 0.3) is 0 Å². The topological polar surface area (TPSA) is 43.0 Å². The molecule has 0 radical (unpaired) electrons. The van der Waals surface area contributed by atoms with Gasteiger partial charge in [-0.25, -0.2) is 0 Å². The van der Waals surface area contributed by atoms with Gasteiger partial charge in [-0.3, -0.25) is 0 Å². The minimum atomic E-state index is 0.442. The van der Waals surface area contributed by atoms with Gasteiger partial charge in [0, 0.05) is 37.1 Å². The van der Waals surface area contributed by atoms with Gasteiger partial charge in [0.05, 0.1) is 0 Å². The van der Waals surface area contributed by atoms with Crippen LogP contribution in [0.3, 0.4) is 0 Å². The van der Waals surface area contributed by atoms with Crippen LogP contribution in [0.15, 0.2) is 18.3 Å². The molecule has 1 saturated carbocycles. The summed E-state index contributed by atoms with van der Waals surface area (Å²) in [6.07, 6.45) is 8.18. The molecule has 1 aliphatic carbocycles. The van der Waals surface area contributed by atoms with Crippen LogP contribution in [0.2, 0.25) is 0 Å². The van der Waals surface area contributed by atoms with E-state index in [1.807, 2.05) is 0 Å². The highest BCUT2D eigenvalue weighted by atomic mass is 15.0. The second-order valence-corrected chi connectivity index (χ2v) is 5.19. The summed E-state index contributed by atoms with van der Waals surface area (Å²) in [5.74, 6) is 0. The van der Waals surface area contributed by atoms with Crippen LogP contribution >= 0.6 is 0 Å². The Morgan fingerprint density at radius 3 is 2.82 bits per heavy atom. The van der Waals surface area contributed by atoms with Gasteiger partial charge >= 0.3 is 0 Å². The van der Waals surface area contributed by atoms with Crippen molar-refractivity contribution in [1.82, 2.24) is 9.88 Å². The molecule has 1 aromatic rings. The molecular formula is C14H25N3. The normalized spacial score (nSPS) is 25.1. The average molecular weight is 235 g/mol. The Bertz CT molecular complexity index is 324. The summed E-state index contributed by atoms with van der Waals surface area (Å²) < 4.78 is 2.35. The molecule has 0 amide bonds. The first-order chi connectivity index (χ1) is 8.29. The Kier molecular flexibility index (Phi) is 4.63. The van der Waals surface area contributed by atoms with Crippen LogP contribution in [0.25, 0.3) is 0 Å². The van der Waals surface area contributed by atoms with E-state index >= 15 is 0 Å². The van der Waals surface area contributed by atoms with Gasteiger partial charge < -0.3 is 15.6 Å². The summed E-state index contributed by atoms with van der Waals surface area (Å²) in [4.78, 5) is 0. The summed E-state index contributed by atoms with van der Waals surface area (Å²) in [6.45, 7) is 4.34. The lowest BCUT2D eigenvalue weighted by atomic mass is 9.92. The van der Waals surface area contributed by atoms with E-state index in [9.17, 15) is 0 Å². The molecule has 3 heteroatoms. The molecule has 1 aromatic heterocycles. The molecule has 1 aliphatic rings. The Hall–Kier alpha value is -0.800. The Labute approximate surface area is 104 Å². The molecule has 0 atom stereocenters. The van der Waals surface area contributed by atoms with E-state index in [2.05, 4.69) is 35.1 Å². The van der Waals surface area contributed by atoms with Crippen molar-refractivity contribution in [2.24, 2.45) is 5.73 Å². The van der Waals surface area contributed by atoms with E-state index in [1.165, 1.54) is 37.8 Å². The fraction of sp³-hybridized carbons (Fsp3) is 0.714. The predicted molar refractivity (Wildman–Crippen MR) is 71.8 cm³/mol. The number of aromatic nitrogens is 1. The van der Waals surface area contributed by atoms with Crippen LogP contribution in [0, 0.1) is 0 Å². The van der Waals surface area contributed by atoms with Crippen molar-refractivity contribution in [2.45, 2.75) is 64.2 Å². The molecule has 2 rings (SSSR count). The quantitative estimate of drug-likeness (QED) is 0.822. The van der Waals surface area contributed by atoms with Crippen molar-refractivity contribution in [3.63, 3.8) is 0 Å². The van der Waals surface area contributed by atoms with Crippen LogP contribution in [-0.4, -0.2) is 16.7 Å². The summed E-state index contributed by atoms with van der Waals surface area (Å²) >= 11 is 0. The van der Waals surface area contributed by atoms with Gasteiger partial charge in [-0.1, -0.05) is 6.92 Å². The second-order valence-electron chi connectivity index (χ2n) is 5.19. The number of nitrogens with two attached hydrogens (primary N) is 1. The predicted octanol–water partition coefficient (Wildman–Crippen LogP) is 2.26. The van der Waals surface area contributed by atoms with Crippen molar-refractivity contribution < 1.29 is 0 Å². The molecule has 96 valence electrons. The number of hydrogen-bond donors (Lipinski definition) is 2. The summed E-state index contributed by atoms with van der Waals surface area (Å²) in [5, 5.41) is 3.67. The standard InChI is InChI=1S/C14H25N3/c1-2-9-17-10-3-4-14(17)11-16-13-7-5-12(15)6-8-13/h3-4,10,12-13,16H,2,5-9,11,15H2,1H3. The lowest BCUT2D eigenvalue weighted by Crippen LogP contribution is -2.37. The van der Waals surface area contributed by atoms with Crippen LogP contribution < -0.4 is 11.1 Å². The summed E-state index contributed by atoms with van der Waals surface area (Å²) in [7, 11) is 0. The maximum atomic E-state index is 5.92. The van der Waals surface area contributed by atoms with Crippen molar-refractivity contribution in [3.8, 4) is 0 Å². The van der Waals surface area contributed by atoms with Gasteiger partial charge in [0.2, 0.25) is 0 Å². The number of nitrogens with one attached hydrogen (secondary N) is 1. The molecule has 0 unspecified atom stereocenters. The molecule has 1 fully saturated rings. The van der Waals surface area contributed by atoms with Crippen LogP contribution in [0.1, 0.15) is 44.7 Å². The highest BCUT2D eigenvalue weighted by molar-refractivity contribution is 5.07. The summed E-state index contributed by atoms with van der Waals surface area (Å²) in [5.41, 5.74) is 7.32. The van der Waals surface area contributed by atoms with E-state index in [4.69, 9.17) is 5.73 Å². The minimum absolute atomic E-state index is 0.442. The third kappa shape index (κ3) is 3.58. The molecule has 17 heavy (non-hydrogen) atoms. The zero-order valence-electron chi connectivity index (χ0n) is 10.9. The molecule has 3 nitrogen and oxygen atoms in total. The Morgan fingerprint density at radius 1 is 1.35 bits per heavy atom. The monoisotopic (exact) mass is 235 g/mol. The molecular weight excluding hydrogens is 210 g/mol. The molecule has 0 aliphatic heterocycles. The number of aryl methyl sites for hydroxylation is 1. The van der Waals surface area contributed by atoms with E-state index in [1.54, 1.807) is 0 Å². The second kappa shape index (κ2) is 6.22. The SMILES string of the molecule is CCCn1cccc1CNC1CCC(N)CC1. The largest absolute Gasteiger partial charge is 0.350 e. The van der Waals surface area contributed by atoms with Crippen LogP contribution in [0.4, 0.5) is 0 Å². The van der Waals surface area contributed by atoms with Gasteiger partial charge in [0.15, 0.2) is 0 Å². The van der Waals surface area contributed by atoms with Gasteiger partial charge in [0.1, 0.15) is 0 Å². The number of nitrogens with zero attached hydrogens (tertiary/aromatic N) is 1. The fourth-order valence-corrected chi connectivity index (χ4v) is 2.64. The van der Waals surface area contributed by atoms with E-state index in [-0.39, 0.29) is 0 Å². The maximum absolute atomic E-state index is 5.92. The first-order valence-electron chi connectivity index (χ1n) is 6.92. The molecule has 0 spiro atoms. The highest BCUT2D eigenvalue weighted by Crippen LogP contribution is 2.17. The first-order valence-corrected chi connectivity index (χ1v) is 6.92. The zero-order chi connectivity index (χ0) is 12.1. The molecule has 3 N–H and O–H groups in total. The fourth-order valence-electron chi connectivity index (χ4n) is 2.64. The smallest absolute Gasteiger partial charge is 0.0361 e. The maximum Gasteiger partial charge on any atom is 0.0361 e. The van der Waals surface area contributed by atoms with Crippen molar-refractivity contribution in [2.75, 3.05) is 0 Å². The van der Waals surface area contributed by atoms with Gasteiger partial charge in [-0.15, -0.1) is 0 Å². The van der Waals surface area contributed by atoms with Crippen LogP contribution in [0.5, 0.6) is 0 Å². The number of rotatable bonds is 5. The highest BCUT2D eigenvalue weighted by Gasteiger charge is 2.17. The van der Waals surface area contributed by atoms with Crippen molar-refractivity contribution in [1.29, 1.82) is 0 Å². The Balaban J connectivity index is 1.79. The van der Waals surface area contributed by atoms with E-state index in [0.717, 1.165) is 13.1 Å². The van der Waals surface area contributed by atoms with Gasteiger partial charge in [-0.05, 0) is 44.2 Å². The zero-order valence-corrected chi connectivity index (χ0v) is 10.9. The molecule has 0 bridgehead atoms. The van der Waals surface area contributed by atoms with E-state index < -0.39 is 0 Å². The van der Waals surface area contributed by atoms with Crippen LogP contribution in [-0.2, 0) is 13.1 Å². The lowest BCUT2D eigenvalue weighted by Gasteiger charge is -2.27. The third-order valence-electron chi connectivity index (χ3n) is 3.73. The van der Waals surface area contributed by atoms with Crippen molar-refractivity contribution in [3.05, 3.63) is 24.0 Å². The Morgan fingerprint density at radius 2 is 2.12 bits per heavy atom. The number of hydrogen-bond acceptors (Lipinski definition) is 2. The minimum Gasteiger partial charge on any atom is -0.350 e. The third-order valence-corrected chi connectivity index (χ3v) is 3.73. The summed E-state index contributed by atoms with van der Waals surface area (Å²) in [6, 6.07) is 5.47. The lowest BCUT2D eigenvalue weighted by molar-refractivity contribution is 0.339. The molecule has 0 aromatic carbocycles.